The minimum absolute atomic E-state index is 0.0306. The molecule has 2 N–H and O–H groups in total. The Morgan fingerprint density at radius 2 is 1.88 bits per heavy atom. The molecule has 0 aromatic rings. The quantitative estimate of drug-likeness (QED) is 0.765. The van der Waals surface area contributed by atoms with Gasteiger partial charge in [-0.3, -0.25) is 0 Å². The predicted octanol–water partition coefficient (Wildman–Crippen LogP) is 2.44. The molecular weight excluding hydrogens is 239 g/mol. The Bertz CT molecular complexity index is 308. The largest absolute Gasteiger partial charge is 0.391 e. The lowest BCUT2D eigenvalue weighted by Crippen LogP contribution is -2.33. The Balaban J connectivity index is 2.13. The summed E-state index contributed by atoms with van der Waals surface area (Å²) in [5, 5.41) is 18.7. The average molecular weight is 262 g/mol. The maximum atomic E-state index is 9.37. The second-order valence-electron chi connectivity index (χ2n) is 6.22. The molecule has 2 nitrogen and oxygen atoms in total. The summed E-state index contributed by atoms with van der Waals surface area (Å²) in [6.45, 7) is 4.71. The first-order chi connectivity index (χ1) is 7.43. The summed E-state index contributed by atoms with van der Waals surface area (Å²) in [5.41, 5.74) is 0.372. The average Bonchev–Trinajstić information content (AvgIpc) is 2.81. The molecule has 0 heterocycles. The van der Waals surface area contributed by atoms with Crippen molar-refractivity contribution in [2.75, 3.05) is 18.9 Å². The lowest BCUT2D eigenvalue weighted by atomic mass is 9.69. The van der Waals surface area contributed by atoms with Crippen molar-refractivity contribution in [3.05, 3.63) is 0 Å². The molecule has 16 heavy (non-hydrogen) atoms. The number of rotatable bonds is 4. The van der Waals surface area contributed by atoms with E-state index in [4.69, 9.17) is 11.8 Å². The van der Waals surface area contributed by atoms with E-state index in [2.05, 4.69) is 13.8 Å². The number of hydrogen-bond acceptors (Lipinski definition) is 3. The van der Waals surface area contributed by atoms with Crippen LogP contribution < -0.4 is 0 Å². The lowest BCUT2D eigenvalue weighted by molar-refractivity contribution is 0.139. The van der Waals surface area contributed by atoms with E-state index < -0.39 is 6.04 Å². The number of fused-ring (bicyclic) bond motifs is 2. The second-order valence-corrected chi connectivity index (χ2v) is 11.6. The molecule has 0 radical (unpaired) electrons. The van der Waals surface area contributed by atoms with E-state index in [1.54, 1.807) is 0 Å². The lowest BCUT2D eigenvalue weighted by Gasteiger charge is -2.40. The molecule has 0 spiro atoms. The van der Waals surface area contributed by atoms with Gasteiger partial charge in [0, 0.05) is 6.04 Å². The highest BCUT2D eigenvalue weighted by molar-refractivity contribution is 8.14. The minimum atomic E-state index is -1.90. The van der Waals surface area contributed by atoms with Crippen LogP contribution in [0.25, 0.3) is 0 Å². The maximum absolute atomic E-state index is 9.37. The van der Waals surface area contributed by atoms with Crippen molar-refractivity contribution in [2.24, 2.45) is 23.2 Å². The van der Waals surface area contributed by atoms with Gasteiger partial charge < -0.3 is 10.2 Å². The summed E-state index contributed by atoms with van der Waals surface area (Å²) < 4.78 is 0. The first kappa shape index (κ1) is 13.0. The number of aliphatic hydroxyl groups is 2. The van der Waals surface area contributed by atoms with Crippen LogP contribution in [0, 0.1) is 23.2 Å². The van der Waals surface area contributed by atoms with Gasteiger partial charge in [-0.25, -0.2) is 0 Å². The molecule has 2 bridgehead atoms. The van der Waals surface area contributed by atoms with Crippen LogP contribution >= 0.6 is 6.04 Å². The Labute approximate surface area is 103 Å². The van der Waals surface area contributed by atoms with Crippen LogP contribution in [-0.4, -0.2) is 29.1 Å². The van der Waals surface area contributed by atoms with E-state index in [0.717, 1.165) is 18.0 Å². The van der Waals surface area contributed by atoms with Crippen LogP contribution in [0.2, 0.25) is 0 Å². The standard InChI is InChI=1S/C12H23O2PS/c1-12(2)10-4-3-9(5-10)11(12)6-15(16,7-13)8-14/h9-11,13-14H,3-8H2,1-2H3. The molecule has 3 atom stereocenters. The van der Waals surface area contributed by atoms with Crippen LogP contribution in [0.3, 0.4) is 0 Å². The van der Waals surface area contributed by atoms with Crippen molar-refractivity contribution in [1.82, 2.24) is 0 Å². The first-order valence-corrected chi connectivity index (χ1v) is 9.57. The van der Waals surface area contributed by atoms with Gasteiger partial charge in [0.15, 0.2) is 0 Å². The molecule has 2 aliphatic carbocycles. The summed E-state index contributed by atoms with van der Waals surface area (Å²) in [5.74, 6) is 2.29. The molecule has 0 aromatic heterocycles. The number of hydrogen-bond donors (Lipinski definition) is 2. The molecule has 2 saturated carbocycles. The molecule has 0 aliphatic heterocycles. The number of aliphatic hydroxyl groups excluding tert-OH is 2. The van der Waals surface area contributed by atoms with Crippen LogP contribution in [-0.2, 0) is 11.8 Å². The van der Waals surface area contributed by atoms with E-state index in [1.807, 2.05) is 0 Å². The van der Waals surface area contributed by atoms with Crippen molar-refractivity contribution >= 4 is 17.8 Å². The third-order valence-corrected chi connectivity index (χ3v) is 8.32. The Hall–Kier alpha value is 0.570. The fourth-order valence-electron chi connectivity index (χ4n) is 3.87. The zero-order valence-electron chi connectivity index (χ0n) is 10.2. The third-order valence-electron chi connectivity index (χ3n) is 5.09. The zero-order valence-corrected chi connectivity index (χ0v) is 11.9. The molecule has 2 fully saturated rings. The highest BCUT2D eigenvalue weighted by atomic mass is 32.4. The van der Waals surface area contributed by atoms with Crippen LogP contribution in [0.15, 0.2) is 0 Å². The molecule has 2 aliphatic rings. The van der Waals surface area contributed by atoms with Gasteiger partial charge in [-0.2, -0.15) is 0 Å². The van der Waals surface area contributed by atoms with Crippen molar-refractivity contribution < 1.29 is 10.2 Å². The van der Waals surface area contributed by atoms with Gasteiger partial charge in [0.1, 0.15) is 0 Å². The Morgan fingerprint density at radius 1 is 1.25 bits per heavy atom. The fraction of sp³-hybridized carbons (Fsp3) is 1.00. The third kappa shape index (κ3) is 2.01. The molecule has 2 rings (SSSR count). The summed E-state index contributed by atoms with van der Waals surface area (Å²) in [6.07, 6.45) is 5.03. The molecular formula is C12H23O2PS. The van der Waals surface area contributed by atoms with Gasteiger partial charge in [0.2, 0.25) is 0 Å². The second kappa shape index (κ2) is 4.35. The van der Waals surface area contributed by atoms with Crippen LogP contribution in [0.4, 0.5) is 0 Å². The SMILES string of the molecule is CC1(C)C2CCC(C2)C1CP(=S)(CO)CO. The Kier molecular flexibility index (Phi) is 3.54. The molecule has 4 heteroatoms. The van der Waals surface area contributed by atoms with E-state index in [-0.39, 0.29) is 12.7 Å². The summed E-state index contributed by atoms with van der Waals surface area (Å²) in [6, 6.07) is -1.90. The Morgan fingerprint density at radius 3 is 2.31 bits per heavy atom. The van der Waals surface area contributed by atoms with Gasteiger partial charge in [0.25, 0.3) is 0 Å². The highest BCUT2D eigenvalue weighted by Crippen LogP contribution is 2.63. The topological polar surface area (TPSA) is 40.5 Å². The van der Waals surface area contributed by atoms with Crippen molar-refractivity contribution in [3.63, 3.8) is 0 Å². The molecule has 0 amide bonds. The molecule has 0 saturated heterocycles. The molecule has 0 aromatic carbocycles. The van der Waals surface area contributed by atoms with Gasteiger partial charge in [-0.15, -0.1) is 0 Å². The molecule has 3 unspecified atom stereocenters. The fourth-order valence-corrected chi connectivity index (χ4v) is 6.16. The van der Waals surface area contributed by atoms with E-state index >= 15 is 0 Å². The van der Waals surface area contributed by atoms with E-state index in [1.165, 1.54) is 19.3 Å². The smallest absolute Gasteiger partial charge is 0.0738 e. The molecule has 94 valence electrons. The van der Waals surface area contributed by atoms with Crippen LogP contribution in [0.5, 0.6) is 0 Å². The van der Waals surface area contributed by atoms with Gasteiger partial charge in [0.05, 0.1) is 12.7 Å². The van der Waals surface area contributed by atoms with Crippen molar-refractivity contribution in [1.29, 1.82) is 0 Å². The van der Waals surface area contributed by atoms with Gasteiger partial charge >= 0.3 is 0 Å². The van der Waals surface area contributed by atoms with E-state index in [0.29, 0.717) is 11.3 Å². The zero-order chi connectivity index (χ0) is 12.0. The van der Waals surface area contributed by atoms with Crippen molar-refractivity contribution in [3.8, 4) is 0 Å². The maximum Gasteiger partial charge on any atom is 0.0738 e. The first-order valence-electron chi connectivity index (χ1n) is 6.22. The minimum Gasteiger partial charge on any atom is -0.391 e. The summed E-state index contributed by atoms with van der Waals surface area (Å²) >= 11 is 5.47. The van der Waals surface area contributed by atoms with E-state index in [9.17, 15) is 10.2 Å². The monoisotopic (exact) mass is 262 g/mol. The predicted molar refractivity (Wildman–Crippen MR) is 71.4 cm³/mol. The normalized spacial score (nSPS) is 36.9. The summed E-state index contributed by atoms with van der Waals surface area (Å²) in [7, 11) is 0. The highest BCUT2D eigenvalue weighted by Gasteiger charge is 2.53. The summed E-state index contributed by atoms with van der Waals surface area (Å²) in [4.78, 5) is 0. The van der Waals surface area contributed by atoms with Crippen LogP contribution in [0.1, 0.15) is 33.1 Å². The van der Waals surface area contributed by atoms with Gasteiger partial charge in [-0.05, 0) is 48.6 Å². The van der Waals surface area contributed by atoms with Crippen molar-refractivity contribution in [2.45, 2.75) is 33.1 Å². The van der Waals surface area contributed by atoms with Gasteiger partial charge in [-0.1, -0.05) is 25.7 Å².